The summed E-state index contributed by atoms with van der Waals surface area (Å²) >= 11 is 0. The lowest BCUT2D eigenvalue weighted by Gasteiger charge is -2.24. The van der Waals surface area contributed by atoms with E-state index in [0.717, 1.165) is 42.3 Å². The zero-order valence-electron chi connectivity index (χ0n) is 13.2. The topological polar surface area (TPSA) is 84.1 Å². The van der Waals surface area contributed by atoms with Crippen LogP contribution in [0.5, 0.6) is 0 Å². The summed E-state index contributed by atoms with van der Waals surface area (Å²) in [4.78, 5) is 22.8. The second kappa shape index (κ2) is 6.75. The lowest BCUT2D eigenvalue weighted by atomic mass is 10.1. The molecule has 0 aromatic carbocycles. The highest BCUT2D eigenvalue weighted by atomic mass is 16.2. The molecule has 1 atom stereocenters. The highest BCUT2D eigenvalue weighted by Gasteiger charge is 2.30. The van der Waals surface area contributed by atoms with Crippen LogP contribution in [-0.4, -0.2) is 33.9 Å². The first-order valence-corrected chi connectivity index (χ1v) is 7.84. The van der Waals surface area contributed by atoms with Crippen molar-refractivity contribution in [2.75, 3.05) is 18.4 Å². The van der Waals surface area contributed by atoms with Gasteiger partial charge in [-0.1, -0.05) is 12.1 Å². The van der Waals surface area contributed by atoms with Gasteiger partial charge in [0.2, 0.25) is 5.91 Å². The van der Waals surface area contributed by atoms with Crippen molar-refractivity contribution < 1.29 is 4.79 Å². The van der Waals surface area contributed by atoms with Crippen LogP contribution in [0, 0.1) is 6.92 Å². The van der Waals surface area contributed by atoms with Gasteiger partial charge in [0.15, 0.2) is 0 Å². The van der Waals surface area contributed by atoms with Gasteiger partial charge in [-0.3, -0.25) is 4.79 Å². The fourth-order valence-corrected chi connectivity index (χ4v) is 2.93. The minimum absolute atomic E-state index is 0.0117. The average molecular weight is 311 g/mol. The quantitative estimate of drug-likeness (QED) is 0.904. The van der Waals surface area contributed by atoms with E-state index < -0.39 is 0 Å². The Morgan fingerprint density at radius 1 is 1.39 bits per heavy atom. The third kappa shape index (κ3) is 3.32. The number of carbonyl (C=O) groups excluding carboxylic acids is 1. The van der Waals surface area contributed by atoms with Crippen molar-refractivity contribution in [1.82, 2.24) is 14.9 Å². The van der Waals surface area contributed by atoms with Crippen LogP contribution in [0.3, 0.4) is 0 Å². The fourth-order valence-electron chi connectivity index (χ4n) is 2.93. The smallest absolute Gasteiger partial charge is 0.236 e. The molecule has 3 heterocycles. The Balaban J connectivity index is 1.82. The lowest BCUT2D eigenvalue weighted by molar-refractivity contribution is -0.130. The van der Waals surface area contributed by atoms with Gasteiger partial charge in [0.1, 0.15) is 11.6 Å². The molecule has 23 heavy (non-hydrogen) atoms. The first kappa shape index (κ1) is 15.4. The fraction of sp³-hybridized carbons (Fsp3) is 0.353. The number of hydrogen-bond acceptors (Lipinski definition) is 5. The van der Waals surface area contributed by atoms with Crippen LogP contribution >= 0.6 is 0 Å². The van der Waals surface area contributed by atoms with Crippen LogP contribution < -0.4 is 11.1 Å². The number of nitrogens with zero attached hydrogens (tertiary/aromatic N) is 3. The molecule has 6 heteroatoms. The number of anilines is 2. The Hall–Kier alpha value is -2.47. The van der Waals surface area contributed by atoms with Crippen LogP contribution in [0.4, 0.5) is 11.6 Å². The van der Waals surface area contributed by atoms with Crippen molar-refractivity contribution >= 4 is 17.5 Å². The normalized spacial score (nSPS) is 17.3. The number of likely N-dealkylation sites (tertiary alicyclic amines) is 1. The van der Waals surface area contributed by atoms with Crippen molar-refractivity contribution in [3.8, 4) is 0 Å². The van der Waals surface area contributed by atoms with Gasteiger partial charge < -0.3 is 16.0 Å². The molecule has 0 radical (unpaired) electrons. The zero-order valence-corrected chi connectivity index (χ0v) is 13.2. The predicted molar refractivity (Wildman–Crippen MR) is 89.2 cm³/mol. The van der Waals surface area contributed by atoms with E-state index in [2.05, 4.69) is 15.3 Å². The lowest BCUT2D eigenvalue weighted by Crippen LogP contribution is -2.35. The summed E-state index contributed by atoms with van der Waals surface area (Å²) in [6.45, 7) is 2.79. The molecule has 120 valence electrons. The second-order valence-electron chi connectivity index (χ2n) is 5.69. The Labute approximate surface area is 135 Å². The number of amides is 1. The molecular weight excluding hydrogens is 290 g/mol. The van der Waals surface area contributed by atoms with Crippen LogP contribution in [0.2, 0.25) is 0 Å². The molecule has 1 aliphatic heterocycles. The maximum Gasteiger partial charge on any atom is 0.236 e. The van der Waals surface area contributed by atoms with Crippen molar-refractivity contribution in [1.29, 1.82) is 0 Å². The first-order valence-electron chi connectivity index (χ1n) is 7.84. The monoisotopic (exact) mass is 311 g/mol. The molecule has 0 saturated carbocycles. The summed E-state index contributed by atoms with van der Waals surface area (Å²) in [6.07, 6.45) is 3.65. The van der Waals surface area contributed by atoms with Crippen molar-refractivity contribution in [3.05, 3.63) is 47.8 Å². The Morgan fingerprint density at radius 3 is 3.04 bits per heavy atom. The average Bonchev–Trinajstić information content (AvgIpc) is 3.06. The van der Waals surface area contributed by atoms with Gasteiger partial charge in [-0.2, -0.15) is 0 Å². The summed E-state index contributed by atoms with van der Waals surface area (Å²) in [5, 5.41) is 3.24. The van der Waals surface area contributed by atoms with Crippen LogP contribution in [0.1, 0.15) is 30.1 Å². The SMILES string of the molecule is Cc1cccnc1Nc1cccc([C@H]2CCCN2C(=O)CN)n1. The third-order valence-corrected chi connectivity index (χ3v) is 4.12. The molecule has 2 aromatic rings. The van der Waals surface area contributed by atoms with Gasteiger partial charge in [-0.05, 0) is 43.5 Å². The van der Waals surface area contributed by atoms with E-state index in [9.17, 15) is 4.79 Å². The molecular formula is C17H21N5O. The molecule has 2 aromatic heterocycles. The van der Waals surface area contributed by atoms with E-state index in [4.69, 9.17) is 5.73 Å². The Bertz CT molecular complexity index is 703. The first-order chi connectivity index (χ1) is 11.2. The second-order valence-corrected chi connectivity index (χ2v) is 5.69. The minimum atomic E-state index is -0.0202. The van der Waals surface area contributed by atoms with E-state index in [-0.39, 0.29) is 18.5 Å². The number of hydrogen-bond donors (Lipinski definition) is 2. The van der Waals surface area contributed by atoms with E-state index in [1.807, 2.05) is 42.2 Å². The highest BCUT2D eigenvalue weighted by Crippen LogP contribution is 2.31. The Morgan fingerprint density at radius 2 is 2.26 bits per heavy atom. The minimum Gasteiger partial charge on any atom is -0.333 e. The molecule has 0 bridgehead atoms. The molecule has 1 fully saturated rings. The standard InChI is InChI=1S/C17H21N5O/c1-12-5-3-9-19-17(12)21-15-8-2-6-13(20-15)14-7-4-10-22(14)16(23)11-18/h2-3,5-6,8-9,14H,4,7,10-11,18H2,1H3,(H,19,20,21)/t14-/m1/s1. The summed E-state index contributed by atoms with van der Waals surface area (Å²) in [6, 6.07) is 9.73. The zero-order chi connectivity index (χ0) is 16.2. The van der Waals surface area contributed by atoms with Gasteiger partial charge in [0, 0.05) is 12.7 Å². The number of carbonyl (C=O) groups is 1. The predicted octanol–water partition coefficient (Wildman–Crippen LogP) is 2.15. The van der Waals surface area contributed by atoms with Crippen molar-refractivity contribution in [3.63, 3.8) is 0 Å². The number of nitrogens with two attached hydrogens (primary N) is 1. The summed E-state index contributed by atoms with van der Waals surface area (Å²) in [5.74, 6) is 1.50. The molecule has 0 unspecified atom stereocenters. The largest absolute Gasteiger partial charge is 0.333 e. The Kier molecular flexibility index (Phi) is 4.52. The van der Waals surface area contributed by atoms with E-state index in [0.29, 0.717) is 0 Å². The summed E-state index contributed by atoms with van der Waals surface area (Å²) in [5.41, 5.74) is 7.46. The van der Waals surface area contributed by atoms with Gasteiger partial charge in [0.05, 0.1) is 18.3 Å². The molecule has 1 aliphatic rings. The van der Waals surface area contributed by atoms with Gasteiger partial charge in [-0.25, -0.2) is 9.97 Å². The highest BCUT2D eigenvalue weighted by molar-refractivity contribution is 5.78. The maximum atomic E-state index is 12.0. The maximum absolute atomic E-state index is 12.0. The summed E-state index contributed by atoms with van der Waals surface area (Å²) in [7, 11) is 0. The number of aromatic nitrogens is 2. The number of aryl methyl sites for hydroxylation is 1. The van der Waals surface area contributed by atoms with Gasteiger partial charge in [-0.15, -0.1) is 0 Å². The van der Waals surface area contributed by atoms with E-state index >= 15 is 0 Å². The van der Waals surface area contributed by atoms with Crippen LogP contribution in [0.15, 0.2) is 36.5 Å². The van der Waals surface area contributed by atoms with Crippen LogP contribution in [0.25, 0.3) is 0 Å². The summed E-state index contributed by atoms with van der Waals surface area (Å²) < 4.78 is 0. The van der Waals surface area contributed by atoms with Crippen LogP contribution in [-0.2, 0) is 4.79 Å². The van der Waals surface area contributed by atoms with E-state index in [1.54, 1.807) is 6.20 Å². The number of nitrogens with one attached hydrogen (secondary N) is 1. The van der Waals surface area contributed by atoms with Gasteiger partial charge >= 0.3 is 0 Å². The molecule has 1 amide bonds. The van der Waals surface area contributed by atoms with Crippen molar-refractivity contribution in [2.24, 2.45) is 5.73 Å². The molecule has 6 nitrogen and oxygen atoms in total. The third-order valence-electron chi connectivity index (χ3n) is 4.12. The van der Waals surface area contributed by atoms with E-state index in [1.165, 1.54) is 0 Å². The van der Waals surface area contributed by atoms with Crippen molar-refractivity contribution in [2.45, 2.75) is 25.8 Å². The molecule has 0 spiro atoms. The molecule has 3 N–H and O–H groups in total. The van der Waals surface area contributed by atoms with Gasteiger partial charge in [0.25, 0.3) is 0 Å². The molecule has 1 saturated heterocycles. The number of pyridine rings is 2. The molecule has 3 rings (SSSR count). The molecule has 0 aliphatic carbocycles. The number of rotatable bonds is 4.